The van der Waals surface area contributed by atoms with Crippen molar-refractivity contribution in [1.29, 1.82) is 0 Å². The van der Waals surface area contributed by atoms with Crippen molar-refractivity contribution in [3.63, 3.8) is 0 Å². The van der Waals surface area contributed by atoms with E-state index in [1.807, 2.05) is 5.32 Å². The second-order valence-electron chi connectivity index (χ2n) is 5.51. The van der Waals surface area contributed by atoms with Gasteiger partial charge in [-0.25, -0.2) is 19.3 Å². The first-order chi connectivity index (χ1) is 14.8. The van der Waals surface area contributed by atoms with E-state index in [1.165, 1.54) is 0 Å². The van der Waals surface area contributed by atoms with Gasteiger partial charge in [-0.15, -0.1) is 0 Å². The Hall–Kier alpha value is -2.39. The number of unbranched alkanes of at least 4 members (excludes halogenated alkanes) is 1. The summed E-state index contributed by atoms with van der Waals surface area (Å²) in [6.07, 6.45) is 2.26. The number of aliphatic hydroxyl groups excluding tert-OH is 4. The highest BCUT2D eigenvalue weighted by atomic mass is 127. The third-order valence-corrected chi connectivity index (χ3v) is 3.96. The highest BCUT2D eigenvalue weighted by Gasteiger charge is 2.49. The number of amides is 6. The molecule has 0 aromatic rings. The fourth-order valence-electron chi connectivity index (χ4n) is 2.13. The number of urea groups is 2. The maximum absolute atomic E-state index is 11.8. The molecular formula is C16H26IN5O9. The van der Waals surface area contributed by atoms with Crippen LogP contribution in [0.4, 0.5) is 14.4 Å². The maximum Gasteiger partial charge on any atom is 0.421 e. The van der Waals surface area contributed by atoms with E-state index < -0.39 is 57.2 Å². The van der Waals surface area contributed by atoms with E-state index in [4.69, 9.17) is 20.4 Å². The molecule has 1 atom stereocenters. The first-order valence-electron chi connectivity index (χ1n) is 8.92. The highest BCUT2D eigenvalue weighted by Crippen LogP contribution is 2.19. The first kappa shape index (κ1) is 28.6. The summed E-state index contributed by atoms with van der Waals surface area (Å²) in [5.74, 6) is 1.64. The lowest BCUT2D eigenvalue weighted by Gasteiger charge is -2.29. The third kappa shape index (κ3) is 9.10. The molecular weight excluding hydrogens is 533 g/mol. The Morgan fingerprint density at radius 3 is 2.35 bits per heavy atom. The molecule has 0 aliphatic carbocycles. The minimum atomic E-state index is -1.60. The zero-order valence-electron chi connectivity index (χ0n) is 16.8. The smallest absolute Gasteiger partial charge is 0.376 e. The number of halogens is 1. The molecule has 6 amide bonds. The normalized spacial score (nSPS) is 14.8. The van der Waals surface area contributed by atoms with Crippen LogP contribution in [0, 0.1) is 12.0 Å². The van der Waals surface area contributed by atoms with E-state index in [1.54, 1.807) is 0 Å². The Morgan fingerprint density at radius 2 is 1.87 bits per heavy atom. The number of nitrogens with one attached hydrogen (secondary N) is 2. The molecule has 1 rings (SSSR count). The van der Waals surface area contributed by atoms with E-state index >= 15 is 0 Å². The van der Waals surface area contributed by atoms with Gasteiger partial charge in [-0.3, -0.25) is 14.6 Å². The van der Waals surface area contributed by atoms with Crippen molar-refractivity contribution in [2.24, 2.45) is 0 Å². The Labute approximate surface area is 192 Å². The van der Waals surface area contributed by atoms with E-state index in [9.17, 15) is 19.2 Å². The molecule has 1 aliphatic heterocycles. The Bertz CT molecular complexity index is 670. The molecule has 1 saturated heterocycles. The number of rotatable bonds is 8. The summed E-state index contributed by atoms with van der Waals surface area (Å²) >= 11 is 2.08. The van der Waals surface area contributed by atoms with Gasteiger partial charge in [0.25, 0.3) is 5.91 Å². The van der Waals surface area contributed by atoms with Crippen LogP contribution >= 0.6 is 22.6 Å². The van der Waals surface area contributed by atoms with Crippen LogP contribution in [0.1, 0.15) is 19.8 Å². The molecule has 31 heavy (non-hydrogen) atoms. The van der Waals surface area contributed by atoms with Crippen LogP contribution in [-0.4, -0.2) is 103 Å². The number of nitrogens with zero attached hydrogens (tertiary/aromatic N) is 3. The second-order valence-corrected chi connectivity index (χ2v) is 6.27. The van der Waals surface area contributed by atoms with E-state index in [0.717, 1.165) is 12.8 Å². The van der Waals surface area contributed by atoms with Crippen molar-refractivity contribution in [3.05, 3.63) is 0 Å². The average molecular weight is 559 g/mol. The lowest BCUT2D eigenvalue weighted by Crippen LogP contribution is -2.55. The number of carbonyl (C=O) groups excluding carboxylic acids is 4. The van der Waals surface area contributed by atoms with E-state index in [-0.39, 0.29) is 0 Å². The van der Waals surface area contributed by atoms with Gasteiger partial charge in [-0.2, -0.15) is 0 Å². The SMILES string of the molecule is CCCCNC(=O)OC#CCI.O=C1C(N(CO)C(=O)NCO)N(CO)C(=O)N1CO. The van der Waals surface area contributed by atoms with Crippen LogP contribution in [0.5, 0.6) is 0 Å². The van der Waals surface area contributed by atoms with Crippen molar-refractivity contribution >= 4 is 46.7 Å². The fourth-order valence-corrected chi connectivity index (χ4v) is 2.29. The van der Waals surface area contributed by atoms with Gasteiger partial charge in [0.1, 0.15) is 33.0 Å². The standard InChI is InChI=1S/C8H12INO2.C8H14N4O7/c1-2-3-6-10-8(11)12-7-4-5-9;13-1-9-7(18)10(2-14)5-6(17)12(4-16)8(19)11(5)3-15/h2-3,5-6H2,1H3,(H,10,11);5,13-16H,1-4H2,(H,9,18). The van der Waals surface area contributed by atoms with Gasteiger partial charge < -0.3 is 35.8 Å². The van der Waals surface area contributed by atoms with Crippen LogP contribution < -0.4 is 10.6 Å². The lowest BCUT2D eigenvalue weighted by molar-refractivity contribution is -0.136. The number of aliphatic hydroxyl groups is 4. The summed E-state index contributed by atoms with van der Waals surface area (Å²) in [6, 6.07) is -2.02. The maximum atomic E-state index is 11.8. The summed E-state index contributed by atoms with van der Waals surface area (Å²) in [5.41, 5.74) is 0. The summed E-state index contributed by atoms with van der Waals surface area (Å²) in [5, 5.41) is 40.1. The fraction of sp³-hybridized carbons (Fsp3) is 0.625. The molecule has 0 bridgehead atoms. The topological polar surface area (TPSA) is 192 Å². The van der Waals surface area contributed by atoms with Crippen LogP contribution in [0.3, 0.4) is 0 Å². The lowest BCUT2D eigenvalue weighted by atomic mass is 10.3. The number of hydrogen-bond donors (Lipinski definition) is 6. The molecule has 0 spiro atoms. The number of alkyl halides is 1. The number of ether oxygens (including phenoxy) is 1. The first-order valence-corrected chi connectivity index (χ1v) is 10.4. The molecule has 0 aromatic heterocycles. The predicted octanol–water partition coefficient (Wildman–Crippen LogP) is -1.70. The van der Waals surface area contributed by atoms with Gasteiger partial charge in [-0.1, -0.05) is 35.9 Å². The minimum absolute atomic E-state index is 0.399. The molecule has 15 heteroatoms. The van der Waals surface area contributed by atoms with Gasteiger partial charge >= 0.3 is 18.2 Å². The van der Waals surface area contributed by atoms with Crippen LogP contribution in [-0.2, 0) is 9.53 Å². The summed E-state index contributed by atoms with van der Waals surface area (Å²) in [7, 11) is 0. The number of hydrogen-bond acceptors (Lipinski definition) is 9. The Balaban J connectivity index is 0.000000649. The average Bonchev–Trinajstić information content (AvgIpc) is 2.98. The van der Waals surface area contributed by atoms with Crippen LogP contribution in [0.25, 0.3) is 0 Å². The molecule has 0 radical (unpaired) electrons. The summed E-state index contributed by atoms with van der Waals surface area (Å²) in [6.45, 7) is -0.789. The van der Waals surface area contributed by atoms with Crippen LogP contribution in [0.2, 0.25) is 0 Å². The molecule has 0 saturated carbocycles. The van der Waals surface area contributed by atoms with E-state index in [0.29, 0.717) is 25.7 Å². The highest BCUT2D eigenvalue weighted by molar-refractivity contribution is 14.1. The summed E-state index contributed by atoms with van der Waals surface area (Å²) in [4.78, 5) is 47.2. The van der Waals surface area contributed by atoms with Gasteiger partial charge in [0.05, 0.1) is 4.43 Å². The van der Waals surface area contributed by atoms with Gasteiger partial charge in [0.15, 0.2) is 6.17 Å². The Morgan fingerprint density at radius 1 is 1.19 bits per heavy atom. The monoisotopic (exact) mass is 559 g/mol. The van der Waals surface area contributed by atoms with Gasteiger partial charge in [0, 0.05) is 6.54 Å². The molecule has 6 N–H and O–H groups in total. The third-order valence-electron chi connectivity index (χ3n) is 3.57. The van der Waals surface area contributed by atoms with Gasteiger partial charge in [-0.05, 0) is 12.3 Å². The molecule has 14 nitrogen and oxygen atoms in total. The predicted molar refractivity (Wildman–Crippen MR) is 113 cm³/mol. The second kappa shape index (κ2) is 16.3. The largest absolute Gasteiger partial charge is 0.421 e. The molecule has 0 aromatic carbocycles. The number of alkyl carbamates (subject to hydrolysis) is 1. The van der Waals surface area contributed by atoms with Gasteiger partial charge in [0.2, 0.25) is 0 Å². The molecule has 176 valence electrons. The molecule has 1 heterocycles. The number of carbonyl (C=O) groups is 4. The summed E-state index contributed by atoms with van der Waals surface area (Å²) < 4.78 is 5.18. The molecule has 1 aliphatic rings. The molecule has 1 fully saturated rings. The van der Waals surface area contributed by atoms with Crippen molar-refractivity contribution in [3.8, 4) is 12.0 Å². The Kier molecular flexibility index (Phi) is 15.1. The van der Waals surface area contributed by atoms with Crippen molar-refractivity contribution < 1.29 is 44.3 Å². The van der Waals surface area contributed by atoms with Crippen molar-refractivity contribution in [2.45, 2.75) is 25.9 Å². The zero-order chi connectivity index (χ0) is 23.8. The van der Waals surface area contributed by atoms with Crippen molar-refractivity contribution in [1.82, 2.24) is 25.3 Å². The van der Waals surface area contributed by atoms with E-state index in [2.05, 4.69) is 51.6 Å². The van der Waals surface area contributed by atoms with Crippen molar-refractivity contribution in [2.75, 3.05) is 37.9 Å². The number of imide groups is 1. The quantitative estimate of drug-likeness (QED) is 0.0502. The zero-order valence-corrected chi connectivity index (χ0v) is 18.9. The van der Waals surface area contributed by atoms with Crippen LogP contribution in [0.15, 0.2) is 0 Å². The minimum Gasteiger partial charge on any atom is -0.376 e. The molecule has 1 unspecified atom stereocenters.